The van der Waals surface area contributed by atoms with Crippen molar-refractivity contribution >= 4 is 12.1 Å². The van der Waals surface area contributed by atoms with Crippen LogP contribution < -0.4 is 5.73 Å². The quantitative estimate of drug-likeness (QED) is 0.646. The fourth-order valence-corrected chi connectivity index (χ4v) is 1.79. The molecule has 2 aliphatic heterocycles. The van der Waals surface area contributed by atoms with Crippen LogP contribution in [0, 0.1) is 0 Å². The van der Waals surface area contributed by atoms with Gasteiger partial charge in [-0.15, -0.1) is 0 Å². The highest BCUT2D eigenvalue weighted by molar-refractivity contribution is 5.75. The topological polar surface area (TPSA) is 77.1 Å². The van der Waals surface area contributed by atoms with Gasteiger partial charge < -0.3 is 20.1 Å². The van der Waals surface area contributed by atoms with E-state index in [-0.39, 0.29) is 17.7 Å². The molecule has 1 amide bonds. The van der Waals surface area contributed by atoms with Gasteiger partial charge >= 0.3 is 6.09 Å². The van der Waals surface area contributed by atoms with Crippen molar-refractivity contribution in [1.82, 2.24) is 4.90 Å². The lowest BCUT2D eigenvalue weighted by Gasteiger charge is -2.44. The molecule has 2 N–H and O–H groups in total. The van der Waals surface area contributed by atoms with E-state index in [1.807, 2.05) is 20.8 Å². The van der Waals surface area contributed by atoms with Gasteiger partial charge in [-0.25, -0.2) is 9.79 Å². The van der Waals surface area contributed by atoms with E-state index in [1.54, 1.807) is 4.90 Å². The first kappa shape index (κ1) is 11.0. The molecule has 0 atom stereocenters. The zero-order valence-corrected chi connectivity index (χ0v) is 9.82. The molecule has 1 saturated heterocycles. The number of rotatable bonds is 0. The summed E-state index contributed by atoms with van der Waals surface area (Å²) in [6, 6.07) is 0.212. The van der Waals surface area contributed by atoms with Crippen molar-refractivity contribution in [2.24, 2.45) is 10.7 Å². The van der Waals surface area contributed by atoms with Crippen LogP contribution in [0.1, 0.15) is 20.8 Å². The molecule has 0 saturated carbocycles. The van der Waals surface area contributed by atoms with Crippen molar-refractivity contribution in [1.29, 1.82) is 0 Å². The van der Waals surface area contributed by atoms with Crippen molar-refractivity contribution in [3.05, 3.63) is 0 Å². The first-order valence-electron chi connectivity index (χ1n) is 5.26. The van der Waals surface area contributed by atoms with Crippen LogP contribution in [0.4, 0.5) is 4.79 Å². The number of carbonyl (C=O) groups excluding carboxylic acids is 1. The number of hydrogen-bond acceptors (Lipinski definition) is 5. The second-order valence-electron chi connectivity index (χ2n) is 5.30. The molecule has 0 aromatic heterocycles. The third-order valence-electron chi connectivity index (χ3n) is 2.46. The Kier molecular flexibility index (Phi) is 2.25. The van der Waals surface area contributed by atoms with Crippen LogP contribution in [0.2, 0.25) is 0 Å². The van der Waals surface area contributed by atoms with Crippen LogP contribution in [-0.4, -0.2) is 47.9 Å². The van der Waals surface area contributed by atoms with Gasteiger partial charge in [-0.1, -0.05) is 0 Å². The number of aliphatic imine (C=N–C) groups is 1. The van der Waals surface area contributed by atoms with Crippen molar-refractivity contribution < 1.29 is 14.3 Å². The van der Waals surface area contributed by atoms with Gasteiger partial charge in [0.15, 0.2) is 0 Å². The first-order valence-corrected chi connectivity index (χ1v) is 5.26. The summed E-state index contributed by atoms with van der Waals surface area (Å²) in [6.07, 6.45) is -0.307. The fraction of sp³-hybridized carbons (Fsp3) is 0.800. The molecule has 2 heterocycles. The lowest BCUT2D eigenvalue weighted by molar-refractivity contribution is -0.0116. The van der Waals surface area contributed by atoms with E-state index in [1.165, 1.54) is 0 Å². The van der Waals surface area contributed by atoms with Gasteiger partial charge in [0.05, 0.1) is 13.1 Å². The molecule has 0 unspecified atom stereocenters. The second kappa shape index (κ2) is 3.26. The first-order chi connectivity index (χ1) is 7.30. The van der Waals surface area contributed by atoms with Crippen molar-refractivity contribution in [2.45, 2.75) is 31.9 Å². The molecule has 1 fully saturated rings. The molecule has 2 aliphatic rings. The van der Waals surface area contributed by atoms with E-state index in [0.717, 1.165) is 0 Å². The molecule has 6 nitrogen and oxygen atoms in total. The van der Waals surface area contributed by atoms with Gasteiger partial charge in [0.1, 0.15) is 17.7 Å². The minimum Gasteiger partial charge on any atom is -0.463 e. The molecular formula is C10H17N3O3. The molecule has 6 heteroatoms. The van der Waals surface area contributed by atoms with Gasteiger partial charge in [-0.05, 0) is 20.8 Å². The Morgan fingerprint density at radius 1 is 1.56 bits per heavy atom. The zero-order chi connectivity index (χ0) is 12.0. The molecular weight excluding hydrogens is 210 g/mol. The summed E-state index contributed by atoms with van der Waals surface area (Å²) in [6.45, 7) is 7.02. The smallest absolute Gasteiger partial charge is 0.410 e. The highest BCUT2D eigenvalue weighted by Gasteiger charge is 2.50. The summed E-state index contributed by atoms with van der Waals surface area (Å²) >= 11 is 0. The summed E-state index contributed by atoms with van der Waals surface area (Å²) in [4.78, 5) is 17.4. The number of hydrogen-bond donors (Lipinski definition) is 1. The second-order valence-corrected chi connectivity index (χ2v) is 5.30. The van der Waals surface area contributed by atoms with Crippen LogP contribution in [0.3, 0.4) is 0 Å². The number of nitrogens with zero attached hydrogens (tertiary/aromatic N) is 2. The lowest BCUT2D eigenvalue weighted by atomic mass is 9.93. The number of nitrogens with two attached hydrogens (primary N) is 1. The molecule has 0 aromatic rings. The lowest BCUT2D eigenvalue weighted by Crippen LogP contribution is -2.63. The van der Waals surface area contributed by atoms with Crippen LogP contribution >= 0.6 is 0 Å². The maximum Gasteiger partial charge on any atom is 0.410 e. The van der Waals surface area contributed by atoms with Crippen molar-refractivity contribution in [3.63, 3.8) is 0 Å². The van der Waals surface area contributed by atoms with E-state index < -0.39 is 5.60 Å². The maximum atomic E-state index is 11.6. The highest BCUT2D eigenvalue weighted by Crippen LogP contribution is 2.30. The summed E-state index contributed by atoms with van der Waals surface area (Å²) in [5.41, 5.74) is 4.65. The predicted molar refractivity (Wildman–Crippen MR) is 58.1 cm³/mol. The average Bonchev–Trinajstić information content (AvgIpc) is 2.41. The third kappa shape index (κ3) is 2.05. The minimum absolute atomic E-state index is 0.212. The normalized spacial score (nSPS) is 22.4. The van der Waals surface area contributed by atoms with Gasteiger partial charge in [-0.3, -0.25) is 0 Å². The Hall–Kier alpha value is -1.46. The van der Waals surface area contributed by atoms with Crippen molar-refractivity contribution in [3.8, 4) is 0 Å². The predicted octanol–water partition coefficient (Wildman–Crippen LogP) is 0.321. The molecule has 0 aliphatic carbocycles. The van der Waals surface area contributed by atoms with E-state index in [9.17, 15) is 4.79 Å². The molecule has 1 spiro atoms. The number of ether oxygens (including phenoxy) is 2. The van der Waals surface area contributed by atoms with Crippen LogP contribution in [0.25, 0.3) is 0 Å². The van der Waals surface area contributed by atoms with Gasteiger partial charge in [0.2, 0.25) is 0 Å². The third-order valence-corrected chi connectivity index (χ3v) is 2.46. The summed E-state index contributed by atoms with van der Waals surface area (Å²) in [7, 11) is 0. The van der Waals surface area contributed by atoms with E-state index in [4.69, 9.17) is 15.2 Å². The number of carbonyl (C=O) groups is 1. The number of amides is 1. The van der Waals surface area contributed by atoms with Crippen molar-refractivity contribution in [2.75, 3.05) is 19.7 Å². The van der Waals surface area contributed by atoms with E-state index in [0.29, 0.717) is 19.7 Å². The summed E-state index contributed by atoms with van der Waals surface area (Å²) in [5, 5.41) is 0. The monoisotopic (exact) mass is 227 g/mol. The van der Waals surface area contributed by atoms with Gasteiger partial charge in [0.25, 0.3) is 6.02 Å². The summed E-state index contributed by atoms with van der Waals surface area (Å²) < 4.78 is 10.3. The average molecular weight is 227 g/mol. The number of amidine groups is 1. The molecule has 0 aromatic carbocycles. The Morgan fingerprint density at radius 3 is 2.62 bits per heavy atom. The summed E-state index contributed by atoms with van der Waals surface area (Å²) in [5.74, 6) is 0. The highest BCUT2D eigenvalue weighted by atomic mass is 16.6. The maximum absolute atomic E-state index is 11.6. The van der Waals surface area contributed by atoms with E-state index in [2.05, 4.69) is 4.99 Å². The fourth-order valence-electron chi connectivity index (χ4n) is 1.79. The standard InChI is InChI=1S/C10H17N3O3/c1-9(2,3)16-8(14)13-4-10(5-13)6-15-7(11)12-10/h4-6H2,1-3H3,(H2,11,12). The SMILES string of the molecule is CC(C)(C)OC(=O)N1CC2(COC(N)=N2)C1. The Balaban J connectivity index is 1.87. The van der Waals surface area contributed by atoms with Gasteiger partial charge in [0, 0.05) is 0 Å². The molecule has 0 bridgehead atoms. The zero-order valence-electron chi connectivity index (χ0n) is 9.82. The largest absolute Gasteiger partial charge is 0.463 e. The van der Waals surface area contributed by atoms with Crippen LogP contribution in [0.5, 0.6) is 0 Å². The minimum atomic E-state index is -0.464. The molecule has 16 heavy (non-hydrogen) atoms. The van der Waals surface area contributed by atoms with Gasteiger partial charge in [-0.2, -0.15) is 0 Å². The van der Waals surface area contributed by atoms with Crippen LogP contribution in [-0.2, 0) is 9.47 Å². The molecule has 2 rings (SSSR count). The molecule has 0 radical (unpaired) electrons. The van der Waals surface area contributed by atoms with E-state index >= 15 is 0 Å². The number of likely N-dealkylation sites (tertiary alicyclic amines) is 1. The van der Waals surface area contributed by atoms with Crippen LogP contribution in [0.15, 0.2) is 4.99 Å². The molecule has 90 valence electrons. The Bertz CT molecular complexity index is 340. The Labute approximate surface area is 94.4 Å². The Morgan fingerprint density at radius 2 is 2.19 bits per heavy atom.